The van der Waals surface area contributed by atoms with E-state index in [-0.39, 0.29) is 0 Å². The summed E-state index contributed by atoms with van der Waals surface area (Å²) in [6, 6.07) is 0. The molecule has 0 heteroatoms. The number of allylic oxidation sites excluding steroid dienone is 1. The summed E-state index contributed by atoms with van der Waals surface area (Å²) in [4.78, 5) is 0. The fourth-order valence-electron chi connectivity index (χ4n) is 2.01. The van der Waals surface area contributed by atoms with E-state index in [1.165, 1.54) is 25.7 Å². The van der Waals surface area contributed by atoms with Crippen molar-refractivity contribution in [3.8, 4) is 0 Å². The summed E-state index contributed by atoms with van der Waals surface area (Å²) in [5, 5.41) is 0. The van der Waals surface area contributed by atoms with E-state index in [9.17, 15) is 0 Å². The van der Waals surface area contributed by atoms with Crippen LogP contribution in [0, 0.1) is 11.8 Å². The Morgan fingerprint density at radius 2 is 2.12 bits per heavy atom. The Balaban J connectivity index is 2.15. The van der Waals surface area contributed by atoms with Gasteiger partial charge in [-0.1, -0.05) is 12.2 Å². The molecule has 0 radical (unpaired) electrons. The monoisotopic (exact) mass is 108 g/mol. The molecule has 0 bridgehead atoms. The molecule has 0 spiro atoms. The lowest BCUT2D eigenvalue weighted by Crippen LogP contribution is -2.19. The molecule has 0 aliphatic heterocycles. The lowest BCUT2D eigenvalue weighted by molar-refractivity contribution is 0.248. The van der Waals surface area contributed by atoms with Gasteiger partial charge in [-0.3, -0.25) is 0 Å². The van der Waals surface area contributed by atoms with E-state index in [1.807, 2.05) is 0 Å². The lowest BCUT2D eigenvalue weighted by Gasteiger charge is -2.30. The van der Waals surface area contributed by atoms with Crippen LogP contribution in [0.25, 0.3) is 0 Å². The summed E-state index contributed by atoms with van der Waals surface area (Å²) in [5.74, 6) is 2.04. The van der Waals surface area contributed by atoms with Crippen LogP contribution in [-0.2, 0) is 0 Å². The molecule has 2 fully saturated rings. The maximum Gasteiger partial charge on any atom is -0.0177 e. The average molecular weight is 108 g/mol. The summed E-state index contributed by atoms with van der Waals surface area (Å²) in [6.45, 7) is 4.04. The minimum Gasteiger partial charge on any atom is -0.0996 e. The molecule has 0 saturated heterocycles. The Labute approximate surface area is 50.6 Å². The van der Waals surface area contributed by atoms with Gasteiger partial charge < -0.3 is 0 Å². The largest absolute Gasteiger partial charge is 0.0996 e. The van der Waals surface area contributed by atoms with Crippen LogP contribution in [0.1, 0.15) is 25.7 Å². The molecule has 0 aromatic rings. The molecule has 44 valence electrons. The Kier molecular flexibility index (Phi) is 0.787. The molecule has 2 saturated carbocycles. The maximum atomic E-state index is 4.04. The van der Waals surface area contributed by atoms with Crippen molar-refractivity contribution in [2.24, 2.45) is 11.8 Å². The number of hydrogen-bond donors (Lipinski definition) is 0. The van der Waals surface area contributed by atoms with Crippen LogP contribution < -0.4 is 0 Å². The normalized spacial score (nSPS) is 43.8. The molecule has 0 nitrogen and oxygen atoms in total. The van der Waals surface area contributed by atoms with Crippen molar-refractivity contribution in [2.45, 2.75) is 25.7 Å². The first-order chi connectivity index (χ1) is 3.88. The van der Waals surface area contributed by atoms with E-state index in [2.05, 4.69) is 6.58 Å². The van der Waals surface area contributed by atoms with Crippen LogP contribution >= 0.6 is 0 Å². The molecule has 8 heavy (non-hydrogen) atoms. The van der Waals surface area contributed by atoms with E-state index >= 15 is 0 Å². The van der Waals surface area contributed by atoms with Gasteiger partial charge in [-0.15, -0.1) is 0 Å². The van der Waals surface area contributed by atoms with Crippen LogP contribution in [0.3, 0.4) is 0 Å². The van der Waals surface area contributed by atoms with Crippen LogP contribution in [0.2, 0.25) is 0 Å². The third-order valence-corrected chi connectivity index (χ3v) is 2.78. The summed E-state index contributed by atoms with van der Waals surface area (Å²) in [6.07, 6.45) is 5.71. The maximum absolute atomic E-state index is 4.04. The van der Waals surface area contributed by atoms with Crippen molar-refractivity contribution >= 4 is 0 Å². The molecule has 0 aromatic heterocycles. The Hall–Kier alpha value is -0.260. The lowest BCUT2D eigenvalue weighted by atomic mass is 9.75. The Bertz CT molecular complexity index is 124. The molecule has 2 unspecified atom stereocenters. The zero-order valence-corrected chi connectivity index (χ0v) is 5.19. The standard InChI is InChI=1S/C8H12/c1-6-2-3-7-4-5-8(6)7/h7-8H,1-5H2. The number of hydrogen-bond acceptors (Lipinski definition) is 0. The summed E-state index contributed by atoms with van der Waals surface area (Å²) in [5.41, 5.74) is 1.54. The molecular weight excluding hydrogens is 96.1 g/mol. The Morgan fingerprint density at radius 1 is 1.25 bits per heavy atom. The zero-order valence-electron chi connectivity index (χ0n) is 5.19. The topological polar surface area (TPSA) is 0 Å². The molecular formula is C8H12. The van der Waals surface area contributed by atoms with Gasteiger partial charge in [-0.05, 0) is 37.5 Å². The van der Waals surface area contributed by atoms with Gasteiger partial charge >= 0.3 is 0 Å². The second-order valence-corrected chi connectivity index (χ2v) is 3.14. The van der Waals surface area contributed by atoms with E-state index in [0.717, 1.165) is 11.8 Å². The predicted octanol–water partition coefficient (Wildman–Crippen LogP) is 2.36. The molecule has 2 atom stereocenters. The number of fused-ring (bicyclic) bond motifs is 1. The fourth-order valence-corrected chi connectivity index (χ4v) is 2.01. The van der Waals surface area contributed by atoms with E-state index in [1.54, 1.807) is 5.57 Å². The quantitative estimate of drug-likeness (QED) is 0.418. The van der Waals surface area contributed by atoms with Crippen LogP contribution in [-0.4, -0.2) is 0 Å². The summed E-state index contributed by atoms with van der Waals surface area (Å²) < 4.78 is 0. The van der Waals surface area contributed by atoms with Gasteiger partial charge in [0.1, 0.15) is 0 Å². The highest BCUT2D eigenvalue weighted by Crippen LogP contribution is 2.49. The highest BCUT2D eigenvalue weighted by molar-refractivity contribution is 5.13. The molecule has 2 rings (SSSR count). The van der Waals surface area contributed by atoms with Gasteiger partial charge in [-0.2, -0.15) is 0 Å². The van der Waals surface area contributed by atoms with Crippen molar-refractivity contribution in [2.75, 3.05) is 0 Å². The van der Waals surface area contributed by atoms with Crippen molar-refractivity contribution in [1.82, 2.24) is 0 Å². The van der Waals surface area contributed by atoms with Gasteiger partial charge in [0.15, 0.2) is 0 Å². The second-order valence-electron chi connectivity index (χ2n) is 3.14. The summed E-state index contributed by atoms with van der Waals surface area (Å²) >= 11 is 0. The average Bonchev–Trinajstić information content (AvgIpc) is 1.80. The van der Waals surface area contributed by atoms with E-state index in [0.29, 0.717) is 0 Å². The van der Waals surface area contributed by atoms with Crippen molar-refractivity contribution in [1.29, 1.82) is 0 Å². The number of rotatable bonds is 0. The van der Waals surface area contributed by atoms with Crippen LogP contribution in [0.15, 0.2) is 12.2 Å². The molecule has 0 heterocycles. The van der Waals surface area contributed by atoms with Crippen LogP contribution in [0.4, 0.5) is 0 Å². The van der Waals surface area contributed by atoms with Gasteiger partial charge in [0.2, 0.25) is 0 Å². The van der Waals surface area contributed by atoms with Crippen molar-refractivity contribution < 1.29 is 0 Å². The first-order valence-corrected chi connectivity index (χ1v) is 3.55. The summed E-state index contributed by atoms with van der Waals surface area (Å²) in [7, 11) is 0. The SMILES string of the molecule is C=C1CCC2CCC12. The third-order valence-electron chi connectivity index (χ3n) is 2.78. The molecule has 0 amide bonds. The smallest absolute Gasteiger partial charge is 0.0177 e. The molecule has 2 aliphatic rings. The van der Waals surface area contributed by atoms with Gasteiger partial charge in [0, 0.05) is 0 Å². The van der Waals surface area contributed by atoms with Crippen molar-refractivity contribution in [3.05, 3.63) is 12.2 Å². The zero-order chi connectivity index (χ0) is 5.56. The highest BCUT2D eigenvalue weighted by Gasteiger charge is 2.36. The first kappa shape index (κ1) is 4.60. The molecule has 2 aliphatic carbocycles. The fraction of sp³-hybridized carbons (Fsp3) is 0.750. The Morgan fingerprint density at radius 3 is 2.38 bits per heavy atom. The predicted molar refractivity (Wildman–Crippen MR) is 34.6 cm³/mol. The molecule has 0 aromatic carbocycles. The molecule has 0 N–H and O–H groups in total. The minimum absolute atomic E-state index is 0.968. The second kappa shape index (κ2) is 1.37. The van der Waals surface area contributed by atoms with Gasteiger partial charge in [0.25, 0.3) is 0 Å². The van der Waals surface area contributed by atoms with Gasteiger partial charge in [0.05, 0.1) is 0 Å². The first-order valence-electron chi connectivity index (χ1n) is 3.55. The van der Waals surface area contributed by atoms with Gasteiger partial charge in [-0.25, -0.2) is 0 Å². The van der Waals surface area contributed by atoms with E-state index < -0.39 is 0 Å². The third kappa shape index (κ3) is 0.410. The van der Waals surface area contributed by atoms with Crippen molar-refractivity contribution in [3.63, 3.8) is 0 Å². The highest BCUT2D eigenvalue weighted by atomic mass is 14.4. The van der Waals surface area contributed by atoms with Crippen LogP contribution in [0.5, 0.6) is 0 Å². The van der Waals surface area contributed by atoms with E-state index in [4.69, 9.17) is 0 Å². The minimum atomic E-state index is 0.968.